The number of nitro benzene ring substituents is 1. The fourth-order valence-corrected chi connectivity index (χ4v) is 3.24. The van der Waals surface area contributed by atoms with Crippen LogP contribution in [0, 0.1) is 10.1 Å². The van der Waals surface area contributed by atoms with Crippen LogP contribution in [0.3, 0.4) is 0 Å². The van der Waals surface area contributed by atoms with E-state index in [0.29, 0.717) is 0 Å². The van der Waals surface area contributed by atoms with E-state index >= 15 is 0 Å². The van der Waals surface area contributed by atoms with Crippen LogP contribution < -0.4 is 5.32 Å². The van der Waals surface area contributed by atoms with Gasteiger partial charge in [0.25, 0.3) is 5.69 Å². The number of carboxylic acid groups (broad SMARTS) is 2. The molecule has 0 bridgehead atoms. The maximum absolute atomic E-state index is 12.2. The molecule has 2 unspecified atom stereocenters. The summed E-state index contributed by atoms with van der Waals surface area (Å²) in [4.78, 5) is 34.9. The molecule has 0 saturated heterocycles. The van der Waals surface area contributed by atoms with Gasteiger partial charge < -0.3 is 25.0 Å². The van der Waals surface area contributed by atoms with E-state index in [2.05, 4.69) is 5.32 Å². The molecule has 1 aliphatic heterocycles. The first-order chi connectivity index (χ1) is 13.6. The van der Waals surface area contributed by atoms with E-state index in [4.69, 9.17) is 9.47 Å². The minimum atomic E-state index is -1.37. The highest BCUT2D eigenvalue weighted by atomic mass is 16.6. The molecule has 1 aromatic rings. The van der Waals surface area contributed by atoms with Gasteiger partial charge in [0, 0.05) is 26.4 Å². The Hall–Kier alpha value is -3.24. The molecule has 2 atom stereocenters. The molecule has 1 aliphatic rings. The van der Waals surface area contributed by atoms with Gasteiger partial charge in [0.05, 0.1) is 45.6 Å². The Kier molecular flexibility index (Phi) is 6.72. The number of benzene rings is 1. The highest BCUT2D eigenvalue weighted by Crippen LogP contribution is 2.41. The fourth-order valence-electron chi connectivity index (χ4n) is 3.24. The molecule has 0 radical (unpaired) electrons. The molecule has 2 rings (SSSR count). The molecular weight excluding hydrogens is 384 g/mol. The predicted octanol–water partition coefficient (Wildman–Crippen LogP) is 2.03. The van der Waals surface area contributed by atoms with Gasteiger partial charge in [0.2, 0.25) is 0 Å². The number of ether oxygens (including phenoxy) is 2. The van der Waals surface area contributed by atoms with E-state index in [1.807, 2.05) is 0 Å². The maximum Gasteiger partial charge on any atom is 0.334 e. The summed E-state index contributed by atoms with van der Waals surface area (Å²) in [5.74, 6) is -4.00. The van der Waals surface area contributed by atoms with E-state index in [9.17, 15) is 29.9 Å². The number of nitrogens with one attached hydrogen (secondary N) is 1. The molecule has 0 spiro atoms. The summed E-state index contributed by atoms with van der Waals surface area (Å²) in [5.41, 5.74) is -0.329. The lowest BCUT2D eigenvalue weighted by molar-refractivity contribution is -0.384. The minimum Gasteiger partial charge on any atom is -0.478 e. The van der Waals surface area contributed by atoms with Crippen LogP contribution in [0.2, 0.25) is 0 Å². The number of nitro groups is 1. The number of methoxy groups -OCH3 is 2. The van der Waals surface area contributed by atoms with Gasteiger partial charge in [-0.25, -0.2) is 9.59 Å². The molecule has 0 saturated carbocycles. The zero-order valence-electron chi connectivity index (χ0n) is 16.3. The summed E-state index contributed by atoms with van der Waals surface area (Å²) in [6.07, 6.45) is -1.42. The van der Waals surface area contributed by atoms with Crippen molar-refractivity contribution in [1.29, 1.82) is 0 Å². The molecule has 0 aromatic heterocycles. The van der Waals surface area contributed by atoms with Crippen molar-refractivity contribution in [2.45, 2.75) is 32.0 Å². The van der Waals surface area contributed by atoms with Gasteiger partial charge >= 0.3 is 11.9 Å². The van der Waals surface area contributed by atoms with Crippen molar-refractivity contribution < 1.29 is 34.2 Å². The summed E-state index contributed by atoms with van der Waals surface area (Å²) in [7, 11) is 2.77. The van der Waals surface area contributed by atoms with Crippen LogP contribution in [0.25, 0.3) is 0 Å². The van der Waals surface area contributed by atoms with Crippen molar-refractivity contribution in [3.05, 3.63) is 62.5 Å². The molecule has 156 valence electrons. The normalized spacial score (nSPS) is 18.8. The third-order valence-electron chi connectivity index (χ3n) is 4.82. The van der Waals surface area contributed by atoms with Crippen LogP contribution >= 0.6 is 0 Å². The minimum absolute atomic E-state index is 0.153. The lowest BCUT2D eigenvalue weighted by atomic mass is 9.78. The Morgan fingerprint density at radius 1 is 1.07 bits per heavy atom. The standard InChI is InChI=1S/C19H22N2O8/c1-9(28-3)16-14(18(22)23)13(11-6-5-7-12(8-11)21(26)27)15(19(24)25)17(20-16)10(2)29-4/h5-10,13,20H,1-4H3,(H,22,23)(H,24,25). The van der Waals surface area contributed by atoms with Crippen molar-refractivity contribution in [2.75, 3.05) is 14.2 Å². The van der Waals surface area contributed by atoms with Crippen LogP contribution in [0.4, 0.5) is 5.69 Å². The SMILES string of the molecule is COC(C)C1=C(C(=O)O)C(c2cccc([N+](=O)[O-])c2)C(C(=O)O)=C(C(C)OC)N1. The Bertz CT molecular complexity index is 861. The number of carbonyl (C=O) groups is 2. The average Bonchev–Trinajstić information content (AvgIpc) is 2.70. The second-order valence-electron chi connectivity index (χ2n) is 6.43. The Balaban J connectivity index is 2.89. The van der Waals surface area contributed by atoms with Crippen molar-refractivity contribution in [2.24, 2.45) is 0 Å². The van der Waals surface area contributed by atoms with E-state index in [0.717, 1.165) is 0 Å². The van der Waals surface area contributed by atoms with Crippen LogP contribution in [0.15, 0.2) is 46.8 Å². The van der Waals surface area contributed by atoms with Gasteiger partial charge in [-0.3, -0.25) is 10.1 Å². The van der Waals surface area contributed by atoms with Gasteiger partial charge in [-0.2, -0.15) is 0 Å². The zero-order valence-corrected chi connectivity index (χ0v) is 16.3. The van der Waals surface area contributed by atoms with Crippen LogP contribution in [0.1, 0.15) is 25.3 Å². The molecule has 10 heteroatoms. The summed E-state index contributed by atoms with van der Waals surface area (Å²) in [5, 5.41) is 33.9. The Morgan fingerprint density at radius 3 is 1.93 bits per heavy atom. The van der Waals surface area contributed by atoms with E-state index in [-0.39, 0.29) is 33.8 Å². The molecule has 0 amide bonds. The number of rotatable bonds is 8. The number of hydrogen-bond acceptors (Lipinski definition) is 7. The van der Waals surface area contributed by atoms with Crippen molar-refractivity contribution in [1.82, 2.24) is 5.32 Å². The first-order valence-electron chi connectivity index (χ1n) is 8.65. The van der Waals surface area contributed by atoms with Crippen LogP contribution in [0.5, 0.6) is 0 Å². The lowest BCUT2D eigenvalue weighted by Crippen LogP contribution is -2.40. The first-order valence-corrected chi connectivity index (χ1v) is 8.65. The van der Waals surface area contributed by atoms with Gasteiger partial charge in [-0.05, 0) is 19.4 Å². The second-order valence-corrected chi connectivity index (χ2v) is 6.43. The number of dihydropyridines is 1. The number of nitrogens with zero attached hydrogens (tertiary/aromatic N) is 1. The second kappa shape index (κ2) is 8.84. The summed E-state index contributed by atoms with van der Waals surface area (Å²) < 4.78 is 10.5. The summed E-state index contributed by atoms with van der Waals surface area (Å²) >= 11 is 0. The lowest BCUT2D eigenvalue weighted by Gasteiger charge is -2.34. The van der Waals surface area contributed by atoms with Crippen LogP contribution in [-0.4, -0.2) is 53.5 Å². The molecule has 10 nitrogen and oxygen atoms in total. The quantitative estimate of drug-likeness (QED) is 0.435. The van der Waals surface area contributed by atoms with Gasteiger partial charge in [0.1, 0.15) is 0 Å². The molecule has 1 heterocycles. The van der Waals surface area contributed by atoms with E-state index in [1.165, 1.54) is 38.5 Å². The monoisotopic (exact) mass is 406 g/mol. The third-order valence-corrected chi connectivity index (χ3v) is 4.82. The molecule has 0 fully saturated rings. The maximum atomic E-state index is 12.2. The van der Waals surface area contributed by atoms with Crippen LogP contribution in [-0.2, 0) is 19.1 Å². The summed E-state index contributed by atoms with van der Waals surface area (Å²) in [6, 6.07) is 5.26. The Labute approximate surface area is 166 Å². The summed E-state index contributed by atoms with van der Waals surface area (Å²) in [6.45, 7) is 3.22. The fraction of sp³-hybridized carbons (Fsp3) is 0.368. The van der Waals surface area contributed by atoms with Crippen molar-refractivity contribution in [3.63, 3.8) is 0 Å². The highest BCUT2D eigenvalue weighted by Gasteiger charge is 2.41. The van der Waals surface area contributed by atoms with E-state index < -0.39 is 35.0 Å². The van der Waals surface area contributed by atoms with Crippen molar-refractivity contribution in [3.8, 4) is 0 Å². The highest BCUT2D eigenvalue weighted by molar-refractivity contribution is 5.98. The number of hydrogen-bond donors (Lipinski definition) is 3. The first kappa shape index (κ1) is 22.1. The molecule has 3 N–H and O–H groups in total. The smallest absolute Gasteiger partial charge is 0.334 e. The van der Waals surface area contributed by atoms with Gasteiger partial charge in [0.15, 0.2) is 0 Å². The number of carboxylic acids is 2. The molecule has 0 aliphatic carbocycles. The topological polar surface area (TPSA) is 148 Å². The molecule has 29 heavy (non-hydrogen) atoms. The number of aliphatic carboxylic acids is 2. The zero-order chi connectivity index (χ0) is 21.9. The molecule has 1 aromatic carbocycles. The average molecular weight is 406 g/mol. The number of non-ortho nitro benzene ring substituents is 1. The predicted molar refractivity (Wildman–Crippen MR) is 101 cm³/mol. The van der Waals surface area contributed by atoms with Gasteiger partial charge in [-0.15, -0.1) is 0 Å². The third kappa shape index (κ3) is 4.28. The van der Waals surface area contributed by atoms with Crippen molar-refractivity contribution >= 4 is 17.6 Å². The Morgan fingerprint density at radius 2 is 1.55 bits per heavy atom. The molecular formula is C19H22N2O8. The van der Waals surface area contributed by atoms with E-state index in [1.54, 1.807) is 13.8 Å². The van der Waals surface area contributed by atoms with Gasteiger partial charge in [-0.1, -0.05) is 12.1 Å². The largest absolute Gasteiger partial charge is 0.478 e.